The number of nitrogens with one attached hydrogen (secondary N) is 2. The molecule has 0 bridgehead atoms. The van der Waals surface area contributed by atoms with E-state index in [1.165, 1.54) is 0 Å². The molecule has 0 amide bonds. The van der Waals surface area contributed by atoms with E-state index in [2.05, 4.69) is 17.2 Å². The highest BCUT2D eigenvalue weighted by Crippen LogP contribution is 2.21. The molecule has 24 heavy (non-hydrogen) atoms. The fourth-order valence-electron chi connectivity index (χ4n) is 2.05. The summed E-state index contributed by atoms with van der Waals surface area (Å²) in [5.74, 6) is -0.278. The number of nitriles is 1. The van der Waals surface area contributed by atoms with E-state index in [1.54, 1.807) is 24.3 Å². The van der Waals surface area contributed by atoms with E-state index in [4.69, 9.17) is 21.6 Å². The molecule has 1 atom stereocenters. The summed E-state index contributed by atoms with van der Waals surface area (Å²) in [6, 6.07) is 6.93. The third-order valence-electron chi connectivity index (χ3n) is 2.97. The van der Waals surface area contributed by atoms with Gasteiger partial charge in [-0.2, -0.15) is 5.26 Å². The van der Waals surface area contributed by atoms with Gasteiger partial charge in [0.1, 0.15) is 11.7 Å². The molecule has 0 aromatic heterocycles. The van der Waals surface area contributed by atoms with Crippen molar-refractivity contribution in [2.24, 2.45) is 0 Å². The molecule has 1 rings (SSSR count). The van der Waals surface area contributed by atoms with Gasteiger partial charge in [-0.15, -0.1) is 6.58 Å². The lowest BCUT2D eigenvalue weighted by Gasteiger charge is -2.24. The number of rotatable bonds is 8. The highest BCUT2D eigenvalue weighted by Gasteiger charge is 2.20. The molecule has 0 aliphatic rings. The minimum atomic E-state index is -0.520. The molecule has 1 aromatic rings. The molecule has 0 fully saturated rings. The van der Waals surface area contributed by atoms with Gasteiger partial charge in [0, 0.05) is 24.8 Å². The molecule has 1 aromatic carbocycles. The smallest absolute Gasteiger partial charge is 0.308 e. The van der Waals surface area contributed by atoms with Crippen molar-refractivity contribution in [3.05, 3.63) is 41.4 Å². The first-order valence-corrected chi connectivity index (χ1v) is 8.12. The molecule has 5 nitrogen and oxygen atoms in total. The topological polar surface area (TPSA) is 74.2 Å². The van der Waals surface area contributed by atoms with Gasteiger partial charge in [-0.25, -0.2) is 0 Å². The lowest BCUT2D eigenvalue weighted by atomic mass is 10.1. The first-order chi connectivity index (χ1) is 11.2. The van der Waals surface area contributed by atoms with Crippen LogP contribution in [0.3, 0.4) is 0 Å². The van der Waals surface area contributed by atoms with Crippen molar-refractivity contribution in [3.63, 3.8) is 0 Å². The number of anilines is 1. The maximum atomic E-state index is 12.1. The molecular weight excluding hydrogens is 326 g/mol. The summed E-state index contributed by atoms with van der Waals surface area (Å²) in [6.07, 6.45) is 1.96. The lowest BCUT2D eigenvalue weighted by molar-refractivity contribution is -0.155. The Balaban J connectivity index is 2.78. The summed E-state index contributed by atoms with van der Waals surface area (Å²) in [5.41, 5.74) is 0.636. The van der Waals surface area contributed by atoms with Crippen LogP contribution in [0.4, 0.5) is 5.69 Å². The second-order valence-corrected chi connectivity index (χ2v) is 6.79. The molecule has 0 heterocycles. The van der Waals surface area contributed by atoms with Gasteiger partial charge < -0.3 is 15.4 Å². The molecule has 0 spiro atoms. The Morgan fingerprint density at radius 3 is 2.75 bits per heavy atom. The van der Waals surface area contributed by atoms with Crippen molar-refractivity contribution in [3.8, 4) is 6.07 Å². The van der Waals surface area contributed by atoms with E-state index in [0.717, 1.165) is 5.69 Å². The maximum absolute atomic E-state index is 12.1. The SMILES string of the molecule is C=CCNC[C@H](CC(=O)OC(C)(C)C)Nc1ccc(C#N)c(Cl)c1. The van der Waals surface area contributed by atoms with Crippen molar-refractivity contribution < 1.29 is 9.53 Å². The van der Waals surface area contributed by atoms with Crippen LogP contribution in [0.15, 0.2) is 30.9 Å². The molecule has 0 saturated heterocycles. The normalized spacial score (nSPS) is 12.1. The lowest BCUT2D eigenvalue weighted by Crippen LogP contribution is -2.36. The van der Waals surface area contributed by atoms with Gasteiger partial charge in [-0.3, -0.25) is 4.79 Å². The Hall–Kier alpha value is -2.03. The predicted octanol–water partition coefficient (Wildman–Crippen LogP) is 3.50. The van der Waals surface area contributed by atoms with Crippen LogP contribution >= 0.6 is 11.6 Å². The fourth-order valence-corrected chi connectivity index (χ4v) is 2.27. The Kier molecular flexibility index (Phi) is 7.76. The number of nitrogens with zero attached hydrogens (tertiary/aromatic N) is 1. The van der Waals surface area contributed by atoms with Crippen LogP contribution in [0, 0.1) is 11.3 Å². The Morgan fingerprint density at radius 2 is 2.21 bits per heavy atom. The Labute approximate surface area is 148 Å². The molecular formula is C18H24ClN3O2. The van der Waals surface area contributed by atoms with Crippen molar-refractivity contribution in [2.75, 3.05) is 18.4 Å². The number of carbonyl (C=O) groups excluding carboxylic acids is 1. The van der Waals surface area contributed by atoms with Crippen LogP contribution in [0.2, 0.25) is 5.02 Å². The van der Waals surface area contributed by atoms with E-state index < -0.39 is 5.60 Å². The molecule has 6 heteroatoms. The molecule has 0 unspecified atom stereocenters. The highest BCUT2D eigenvalue weighted by molar-refractivity contribution is 6.32. The average Bonchev–Trinajstić information content (AvgIpc) is 2.45. The van der Waals surface area contributed by atoms with E-state index >= 15 is 0 Å². The second kappa shape index (κ2) is 9.31. The summed E-state index contributed by atoms with van der Waals surface area (Å²) >= 11 is 6.05. The van der Waals surface area contributed by atoms with Crippen LogP contribution < -0.4 is 10.6 Å². The van der Waals surface area contributed by atoms with Crippen molar-refractivity contribution in [1.29, 1.82) is 5.26 Å². The van der Waals surface area contributed by atoms with Gasteiger partial charge in [0.15, 0.2) is 0 Å². The van der Waals surface area contributed by atoms with Gasteiger partial charge in [-0.05, 0) is 39.0 Å². The van der Waals surface area contributed by atoms with Crippen LogP contribution in [0.5, 0.6) is 0 Å². The van der Waals surface area contributed by atoms with E-state index in [0.29, 0.717) is 23.7 Å². The summed E-state index contributed by atoms with van der Waals surface area (Å²) in [7, 11) is 0. The van der Waals surface area contributed by atoms with Crippen LogP contribution in [-0.4, -0.2) is 30.7 Å². The number of esters is 1. The number of benzene rings is 1. The molecule has 130 valence electrons. The quantitative estimate of drug-likeness (QED) is 0.427. The second-order valence-electron chi connectivity index (χ2n) is 6.39. The van der Waals surface area contributed by atoms with Crippen molar-refractivity contribution in [2.45, 2.75) is 38.8 Å². The number of ether oxygens (including phenoxy) is 1. The van der Waals surface area contributed by atoms with Gasteiger partial charge >= 0.3 is 5.97 Å². The first-order valence-electron chi connectivity index (χ1n) is 7.75. The number of halogens is 1. The molecule has 0 aliphatic heterocycles. The third-order valence-corrected chi connectivity index (χ3v) is 3.29. The van der Waals surface area contributed by atoms with E-state index in [9.17, 15) is 4.79 Å². The fraction of sp³-hybridized carbons (Fsp3) is 0.444. The van der Waals surface area contributed by atoms with Gasteiger partial charge in [-0.1, -0.05) is 17.7 Å². The largest absolute Gasteiger partial charge is 0.460 e. The number of carbonyl (C=O) groups is 1. The summed E-state index contributed by atoms with van der Waals surface area (Å²) in [6.45, 7) is 10.4. The summed E-state index contributed by atoms with van der Waals surface area (Å²) < 4.78 is 5.38. The van der Waals surface area contributed by atoms with Crippen molar-refractivity contribution in [1.82, 2.24) is 5.32 Å². The zero-order valence-corrected chi connectivity index (χ0v) is 15.1. The van der Waals surface area contributed by atoms with E-state index in [1.807, 2.05) is 26.8 Å². The third kappa shape index (κ3) is 7.49. The zero-order valence-electron chi connectivity index (χ0n) is 14.4. The summed E-state index contributed by atoms with van der Waals surface area (Å²) in [5, 5.41) is 15.7. The molecule has 2 N–H and O–H groups in total. The van der Waals surface area contributed by atoms with Crippen LogP contribution in [0.25, 0.3) is 0 Å². The zero-order chi connectivity index (χ0) is 18.2. The number of hydrogen-bond donors (Lipinski definition) is 2. The van der Waals surface area contributed by atoms with Crippen LogP contribution in [0.1, 0.15) is 32.8 Å². The molecule has 0 saturated carbocycles. The Bertz CT molecular complexity index is 618. The minimum absolute atomic E-state index is 0.177. The maximum Gasteiger partial charge on any atom is 0.308 e. The minimum Gasteiger partial charge on any atom is -0.460 e. The van der Waals surface area contributed by atoms with E-state index in [-0.39, 0.29) is 18.4 Å². The van der Waals surface area contributed by atoms with Crippen LogP contribution in [-0.2, 0) is 9.53 Å². The predicted molar refractivity (Wildman–Crippen MR) is 97.1 cm³/mol. The Morgan fingerprint density at radius 1 is 1.50 bits per heavy atom. The average molecular weight is 350 g/mol. The first kappa shape index (κ1) is 20.0. The monoisotopic (exact) mass is 349 g/mol. The highest BCUT2D eigenvalue weighted by atomic mass is 35.5. The van der Waals surface area contributed by atoms with Crippen molar-refractivity contribution >= 4 is 23.3 Å². The summed E-state index contributed by atoms with van der Waals surface area (Å²) in [4.78, 5) is 12.1. The molecule has 0 aliphatic carbocycles. The van der Waals surface area contributed by atoms with Gasteiger partial charge in [0.2, 0.25) is 0 Å². The molecule has 0 radical (unpaired) electrons. The van der Waals surface area contributed by atoms with Gasteiger partial charge in [0.25, 0.3) is 0 Å². The standard InChI is InChI=1S/C18H24ClN3O2/c1-5-8-21-12-15(10-17(23)24-18(2,3)4)22-14-7-6-13(11-20)16(19)9-14/h5-7,9,15,21-22H,1,8,10,12H2,2-4H3/t15-/m0/s1. The van der Waals surface area contributed by atoms with Gasteiger partial charge in [0.05, 0.1) is 17.0 Å². The number of hydrogen-bond acceptors (Lipinski definition) is 5.